The number of piperidine rings is 1. The van der Waals surface area contributed by atoms with Crippen molar-refractivity contribution in [3.05, 3.63) is 57.6 Å². The van der Waals surface area contributed by atoms with Crippen LogP contribution < -0.4 is 9.47 Å². The van der Waals surface area contributed by atoms with E-state index in [-0.39, 0.29) is 23.0 Å². The third-order valence-corrected chi connectivity index (χ3v) is 10.7. The van der Waals surface area contributed by atoms with Gasteiger partial charge in [-0.1, -0.05) is 41.1 Å². The van der Waals surface area contributed by atoms with E-state index in [4.69, 9.17) is 18.9 Å². The molecule has 2 aromatic carbocycles. The number of benzene rings is 2. The molecule has 0 radical (unpaired) electrons. The predicted octanol–water partition coefficient (Wildman–Crippen LogP) is 5.75. The topological polar surface area (TPSA) is 40.2 Å². The van der Waals surface area contributed by atoms with Crippen molar-refractivity contribution in [1.82, 2.24) is 4.90 Å². The van der Waals surface area contributed by atoms with Crippen molar-refractivity contribution in [3.63, 3.8) is 0 Å². The van der Waals surface area contributed by atoms with Gasteiger partial charge in [-0.2, -0.15) is 0 Å². The van der Waals surface area contributed by atoms with Crippen LogP contribution in [-0.4, -0.2) is 57.1 Å². The lowest BCUT2D eigenvalue weighted by Gasteiger charge is -2.63. The van der Waals surface area contributed by atoms with Crippen molar-refractivity contribution in [1.29, 1.82) is 0 Å². The van der Waals surface area contributed by atoms with Crippen molar-refractivity contribution in [2.45, 2.75) is 69.3 Å². The monoisotopic (exact) mass is 567 g/mol. The lowest BCUT2D eigenvalue weighted by molar-refractivity contribution is -0.189. The first-order valence-electron chi connectivity index (χ1n) is 13.9. The van der Waals surface area contributed by atoms with Gasteiger partial charge in [0.05, 0.1) is 20.3 Å². The fourth-order valence-corrected chi connectivity index (χ4v) is 8.66. The smallest absolute Gasteiger partial charge is 0.165 e. The van der Waals surface area contributed by atoms with Crippen LogP contribution in [0.15, 0.2) is 40.9 Å². The average Bonchev–Trinajstić information content (AvgIpc) is 3.65. The fraction of sp³-hybridized carbons (Fsp3) is 0.613. The molecule has 2 heterocycles. The Labute approximate surface area is 228 Å². The first-order valence-corrected chi connectivity index (χ1v) is 14.7. The second-order valence-corrected chi connectivity index (χ2v) is 13.3. The van der Waals surface area contributed by atoms with Gasteiger partial charge in [-0.05, 0) is 79.8 Å². The lowest BCUT2D eigenvalue weighted by Crippen LogP contribution is -2.71. The van der Waals surface area contributed by atoms with E-state index in [1.165, 1.54) is 36.1 Å². The number of nitrogens with zero attached hydrogens (tertiary/aromatic N) is 1. The summed E-state index contributed by atoms with van der Waals surface area (Å²) in [5, 5.41) is 0. The number of likely N-dealkylation sites (tertiary alicyclic amines) is 1. The van der Waals surface area contributed by atoms with Gasteiger partial charge in [0.1, 0.15) is 12.2 Å². The highest BCUT2D eigenvalue weighted by molar-refractivity contribution is 9.10. The molecule has 6 heteroatoms. The van der Waals surface area contributed by atoms with Gasteiger partial charge < -0.3 is 18.9 Å². The van der Waals surface area contributed by atoms with Crippen molar-refractivity contribution in [2.75, 3.05) is 33.9 Å². The minimum Gasteiger partial charge on any atom is -0.493 e. The quantitative estimate of drug-likeness (QED) is 0.406. The molecule has 2 aliphatic heterocycles. The normalized spacial score (nSPS) is 35.7. The molecular formula is C31H38BrNO4. The van der Waals surface area contributed by atoms with Crippen molar-refractivity contribution < 1.29 is 18.9 Å². The third-order valence-electron chi connectivity index (χ3n) is 10.2. The van der Waals surface area contributed by atoms with Crippen LogP contribution in [0.25, 0.3) is 0 Å². The minimum atomic E-state index is -0.142. The summed E-state index contributed by atoms with van der Waals surface area (Å²) in [6, 6.07) is 13.4. The van der Waals surface area contributed by atoms with Crippen LogP contribution >= 0.6 is 15.9 Å². The zero-order valence-electron chi connectivity index (χ0n) is 22.2. The Morgan fingerprint density at radius 1 is 1.11 bits per heavy atom. The second kappa shape index (κ2) is 8.97. The molecule has 198 valence electrons. The third kappa shape index (κ3) is 3.73. The Hall–Kier alpha value is -1.60. The Kier molecular flexibility index (Phi) is 5.93. The number of ether oxygens (including phenoxy) is 4. The maximum atomic E-state index is 6.98. The molecule has 2 aromatic rings. The summed E-state index contributed by atoms with van der Waals surface area (Å²) >= 11 is 3.53. The number of halogens is 1. The van der Waals surface area contributed by atoms with Crippen LogP contribution in [0.1, 0.15) is 49.3 Å². The van der Waals surface area contributed by atoms with Gasteiger partial charge in [0.25, 0.3) is 0 Å². The molecule has 2 saturated carbocycles. The summed E-state index contributed by atoms with van der Waals surface area (Å²) in [7, 11) is 3.62. The van der Waals surface area contributed by atoms with Gasteiger partial charge in [0.15, 0.2) is 11.5 Å². The van der Waals surface area contributed by atoms with Gasteiger partial charge in [0, 0.05) is 40.6 Å². The molecule has 0 N–H and O–H groups in total. The number of methoxy groups -OCH3 is 2. The average molecular weight is 569 g/mol. The lowest BCUT2D eigenvalue weighted by atomic mass is 9.47. The van der Waals surface area contributed by atoms with E-state index >= 15 is 0 Å². The van der Waals surface area contributed by atoms with Crippen molar-refractivity contribution >= 4 is 15.9 Å². The zero-order chi connectivity index (χ0) is 25.4. The van der Waals surface area contributed by atoms with E-state index in [1.807, 2.05) is 7.11 Å². The van der Waals surface area contributed by atoms with E-state index in [2.05, 4.69) is 64.2 Å². The molecule has 0 aromatic heterocycles. The summed E-state index contributed by atoms with van der Waals surface area (Å²) in [6.07, 6.45) is 6.06. The number of hydrogen-bond donors (Lipinski definition) is 0. The van der Waals surface area contributed by atoms with Crippen molar-refractivity contribution in [2.24, 2.45) is 17.3 Å². The maximum absolute atomic E-state index is 6.98. The highest BCUT2D eigenvalue weighted by Crippen LogP contribution is 2.67. The highest BCUT2D eigenvalue weighted by Gasteiger charge is 2.70. The molecule has 3 fully saturated rings. The van der Waals surface area contributed by atoms with Gasteiger partial charge in [0.2, 0.25) is 0 Å². The molecule has 7 rings (SSSR count). The Bertz CT molecular complexity index is 1180. The van der Waals surface area contributed by atoms with Crippen LogP contribution in [0.2, 0.25) is 0 Å². The summed E-state index contributed by atoms with van der Waals surface area (Å²) in [4.78, 5) is 2.84. The highest BCUT2D eigenvalue weighted by atomic mass is 79.9. The Morgan fingerprint density at radius 3 is 2.65 bits per heavy atom. The minimum absolute atomic E-state index is 0.00589. The molecule has 37 heavy (non-hydrogen) atoms. The first-order chi connectivity index (χ1) is 18.0. The molecule has 6 unspecified atom stereocenters. The van der Waals surface area contributed by atoms with Crippen molar-refractivity contribution in [3.8, 4) is 11.5 Å². The van der Waals surface area contributed by atoms with E-state index in [0.717, 1.165) is 47.7 Å². The van der Waals surface area contributed by atoms with Gasteiger partial charge >= 0.3 is 0 Å². The molecular weight excluding hydrogens is 530 g/mol. The van der Waals surface area contributed by atoms with Gasteiger partial charge in [-0.25, -0.2) is 0 Å². The standard InChI is InChI=1S/C31H38BrNO4/c1-30(18-36-17-20-6-9-22(32)10-7-20)15-23-24-14-21-8-11-25(34-2)27-26(21)31(23,29(37-27)28(30)35-3)12-13-33(24)16-19-4-5-19/h6-11,19,23-24,28-29H,4-5,12-18H2,1-3H3. The summed E-state index contributed by atoms with van der Waals surface area (Å²) in [5.74, 6) is 3.27. The largest absolute Gasteiger partial charge is 0.493 e. The fourth-order valence-electron chi connectivity index (χ4n) is 8.40. The molecule has 0 amide bonds. The van der Waals surface area contributed by atoms with Crippen LogP contribution in [0.5, 0.6) is 11.5 Å². The van der Waals surface area contributed by atoms with Crippen LogP contribution in [-0.2, 0) is 27.9 Å². The second-order valence-electron chi connectivity index (χ2n) is 12.4. The van der Waals surface area contributed by atoms with E-state index in [1.54, 1.807) is 7.11 Å². The van der Waals surface area contributed by atoms with Gasteiger partial charge in [-0.15, -0.1) is 0 Å². The molecule has 5 nitrogen and oxygen atoms in total. The first kappa shape index (κ1) is 24.4. The summed E-state index contributed by atoms with van der Waals surface area (Å²) in [6.45, 7) is 6.04. The van der Waals surface area contributed by atoms with Crippen LogP contribution in [0.4, 0.5) is 0 Å². The number of rotatable bonds is 8. The predicted molar refractivity (Wildman–Crippen MR) is 146 cm³/mol. The molecule has 1 spiro atoms. The van der Waals surface area contributed by atoms with E-state index in [9.17, 15) is 0 Å². The van der Waals surface area contributed by atoms with Crippen LogP contribution in [0.3, 0.4) is 0 Å². The van der Waals surface area contributed by atoms with Gasteiger partial charge in [-0.3, -0.25) is 4.90 Å². The summed E-state index contributed by atoms with van der Waals surface area (Å²) in [5.41, 5.74) is 3.94. The SMILES string of the molecule is COc1ccc2c3c1OC1C(OC)C(C)(COCc4ccc(Br)cc4)CC4C(C2)N(CC2CC2)CCC341. The molecule has 1 saturated heterocycles. The number of hydrogen-bond acceptors (Lipinski definition) is 5. The molecule has 5 aliphatic rings. The molecule has 3 aliphatic carbocycles. The van der Waals surface area contributed by atoms with E-state index in [0.29, 0.717) is 25.2 Å². The van der Waals surface area contributed by atoms with Crippen LogP contribution in [0, 0.1) is 17.3 Å². The molecule has 6 atom stereocenters. The molecule has 2 bridgehead atoms. The zero-order valence-corrected chi connectivity index (χ0v) is 23.8. The summed E-state index contributed by atoms with van der Waals surface area (Å²) < 4.78 is 26.7. The Morgan fingerprint density at radius 2 is 1.92 bits per heavy atom. The Balaban J connectivity index is 1.25. The maximum Gasteiger partial charge on any atom is 0.165 e. The van der Waals surface area contributed by atoms with E-state index < -0.39 is 0 Å².